The first-order valence-electron chi connectivity index (χ1n) is 8.33. The maximum atomic E-state index is 13.0. The Morgan fingerprint density at radius 2 is 1.46 bits per heavy atom. The van der Waals surface area contributed by atoms with E-state index in [2.05, 4.69) is 0 Å². The van der Waals surface area contributed by atoms with Gasteiger partial charge in [-0.2, -0.15) is 0 Å². The van der Waals surface area contributed by atoms with Crippen molar-refractivity contribution in [2.24, 2.45) is 0 Å². The molecule has 0 aromatic heterocycles. The van der Waals surface area contributed by atoms with Gasteiger partial charge in [0, 0.05) is 23.3 Å². The smallest absolute Gasteiger partial charge is 0.189 e. The van der Waals surface area contributed by atoms with E-state index in [4.69, 9.17) is 18.9 Å². The normalized spacial score (nSPS) is 14.8. The summed E-state index contributed by atoms with van der Waals surface area (Å²) in [6, 6.07) is 9.19. The fraction of sp³-hybridized carbons (Fsp3) is 0.286. The third-order valence-corrected chi connectivity index (χ3v) is 4.59. The number of benzene rings is 2. The van der Waals surface area contributed by atoms with Gasteiger partial charge >= 0.3 is 0 Å². The van der Waals surface area contributed by atoms with Crippen molar-refractivity contribution >= 4 is 11.9 Å². The van der Waals surface area contributed by atoms with Crippen molar-refractivity contribution in [3.8, 4) is 23.0 Å². The lowest BCUT2D eigenvalue weighted by Gasteiger charge is -2.19. The molecule has 0 radical (unpaired) electrons. The SMILES string of the molecule is COc1cc(OC)c(/C=C2\CCc3ccc(OC)cc3C2=O)c(OC)c1. The molecule has 2 aromatic rings. The number of hydrogen-bond acceptors (Lipinski definition) is 5. The Balaban J connectivity index is 2.07. The highest BCUT2D eigenvalue weighted by Crippen LogP contribution is 2.37. The van der Waals surface area contributed by atoms with Gasteiger partial charge in [-0.1, -0.05) is 6.07 Å². The minimum atomic E-state index is 0.00470. The number of hydrogen-bond donors (Lipinski definition) is 0. The first-order chi connectivity index (χ1) is 12.6. The molecule has 0 aliphatic heterocycles. The summed E-state index contributed by atoms with van der Waals surface area (Å²) in [5.74, 6) is 2.50. The topological polar surface area (TPSA) is 54.0 Å². The molecule has 0 heterocycles. The number of allylic oxidation sites excluding steroid dienone is 1. The summed E-state index contributed by atoms with van der Waals surface area (Å²) >= 11 is 0. The van der Waals surface area contributed by atoms with Crippen molar-refractivity contribution in [3.05, 3.63) is 52.6 Å². The summed E-state index contributed by atoms with van der Waals surface area (Å²) < 4.78 is 21.5. The molecule has 3 rings (SSSR count). The lowest BCUT2D eigenvalue weighted by Crippen LogP contribution is -2.14. The number of ketones is 1. The van der Waals surface area contributed by atoms with Gasteiger partial charge in [0.1, 0.15) is 23.0 Å². The van der Waals surface area contributed by atoms with Crippen molar-refractivity contribution in [2.75, 3.05) is 28.4 Å². The van der Waals surface area contributed by atoms with Crippen molar-refractivity contribution in [3.63, 3.8) is 0 Å². The monoisotopic (exact) mass is 354 g/mol. The van der Waals surface area contributed by atoms with Crippen LogP contribution in [-0.2, 0) is 6.42 Å². The van der Waals surface area contributed by atoms with Crippen molar-refractivity contribution in [1.82, 2.24) is 0 Å². The molecule has 0 atom stereocenters. The number of aryl methyl sites for hydroxylation is 1. The third-order valence-electron chi connectivity index (χ3n) is 4.59. The predicted octanol–water partition coefficient (Wildman–Crippen LogP) is 3.93. The standard InChI is InChI=1S/C21H22O5/c1-23-15-8-7-13-5-6-14(21(22)17(13)10-15)9-18-19(25-3)11-16(24-2)12-20(18)26-4/h7-12H,5-6H2,1-4H3/b14-9+. The van der Waals surface area contributed by atoms with Crippen LogP contribution in [0.4, 0.5) is 0 Å². The van der Waals surface area contributed by atoms with Gasteiger partial charge in [-0.15, -0.1) is 0 Å². The van der Waals surface area contributed by atoms with Crippen molar-refractivity contribution in [2.45, 2.75) is 12.8 Å². The van der Waals surface area contributed by atoms with Gasteiger partial charge in [0.15, 0.2) is 5.78 Å². The molecule has 1 aliphatic rings. The highest BCUT2D eigenvalue weighted by molar-refractivity contribution is 6.13. The first kappa shape index (κ1) is 17.9. The third kappa shape index (κ3) is 3.25. The molecule has 0 amide bonds. The molecule has 0 saturated carbocycles. The molecule has 5 heteroatoms. The maximum Gasteiger partial charge on any atom is 0.189 e. The Kier molecular flexibility index (Phi) is 5.16. The van der Waals surface area contributed by atoms with Crippen LogP contribution >= 0.6 is 0 Å². The zero-order chi connectivity index (χ0) is 18.7. The van der Waals surface area contributed by atoms with E-state index < -0.39 is 0 Å². The fourth-order valence-corrected chi connectivity index (χ4v) is 3.15. The second-order valence-electron chi connectivity index (χ2n) is 5.97. The number of rotatable bonds is 5. The van der Waals surface area contributed by atoms with Crippen molar-refractivity contribution < 1.29 is 23.7 Å². The Morgan fingerprint density at radius 3 is 2.04 bits per heavy atom. The van der Waals surface area contributed by atoms with Crippen LogP contribution < -0.4 is 18.9 Å². The van der Waals surface area contributed by atoms with Crippen LogP contribution in [0, 0.1) is 0 Å². The molecular weight excluding hydrogens is 332 g/mol. The zero-order valence-corrected chi connectivity index (χ0v) is 15.4. The van der Waals surface area contributed by atoms with Crippen LogP contribution in [0.3, 0.4) is 0 Å². The summed E-state index contributed by atoms with van der Waals surface area (Å²) in [7, 11) is 6.35. The average Bonchev–Trinajstić information content (AvgIpc) is 2.69. The van der Waals surface area contributed by atoms with Gasteiger partial charge < -0.3 is 18.9 Å². The Hall–Kier alpha value is -2.95. The maximum absolute atomic E-state index is 13.0. The summed E-state index contributed by atoms with van der Waals surface area (Å²) in [6.45, 7) is 0. The number of methoxy groups -OCH3 is 4. The van der Waals surface area contributed by atoms with E-state index >= 15 is 0 Å². The van der Waals surface area contributed by atoms with E-state index in [0.717, 1.165) is 17.5 Å². The van der Waals surface area contributed by atoms with E-state index in [1.807, 2.05) is 18.2 Å². The van der Waals surface area contributed by atoms with Crippen LogP contribution in [0.5, 0.6) is 23.0 Å². The lowest BCUT2D eigenvalue weighted by molar-refractivity contribution is 0.102. The van der Waals surface area contributed by atoms with Crippen LogP contribution in [0.2, 0.25) is 0 Å². The number of fused-ring (bicyclic) bond motifs is 1. The summed E-state index contributed by atoms with van der Waals surface area (Å²) in [5.41, 5.74) is 3.17. The van der Waals surface area contributed by atoms with Crippen LogP contribution in [0.1, 0.15) is 27.9 Å². The van der Waals surface area contributed by atoms with Gasteiger partial charge in [-0.3, -0.25) is 4.79 Å². The second kappa shape index (κ2) is 7.52. The Morgan fingerprint density at radius 1 is 0.808 bits per heavy atom. The van der Waals surface area contributed by atoms with Crippen LogP contribution in [-0.4, -0.2) is 34.2 Å². The highest BCUT2D eigenvalue weighted by atomic mass is 16.5. The molecule has 1 aliphatic carbocycles. The molecule has 0 unspecified atom stereocenters. The highest BCUT2D eigenvalue weighted by Gasteiger charge is 2.24. The average molecular weight is 354 g/mol. The summed E-state index contributed by atoms with van der Waals surface area (Å²) in [6.07, 6.45) is 3.32. The van der Waals surface area contributed by atoms with Gasteiger partial charge in [0.05, 0.1) is 34.0 Å². The number of Topliss-reactive ketones (excluding diaryl/α,β-unsaturated/α-hetero) is 1. The van der Waals surface area contributed by atoms with Gasteiger partial charge in [0.2, 0.25) is 0 Å². The minimum Gasteiger partial charge on any atom is -0.497 e. The van der Waals surface area contributed by atoms with E-state index in [1.54, 1.807) is 46.6 Å². The predicted molar refractivity (Wildman–Crippen MR) is 99.7 cm³/mol. The number of carbonyl (C=O) groups excluding carboxylic acids is 1. The molecule has 0 N–H and O–H groups in total. The molecule has 26 heavy (non-hydrogen) atoms. The summed E-state index contributed by atoms with van der Waals surface area (Å²) in [5, 5.41) is 0. The molecule has 0 bridgehead atoms. The van der Waals surface area contributed by atoms with E-state index in [-0.39, 0.29) is 5.78 Å². The molecule has 136 valence electrons. The summed E-state index contributed by atoms with van der Waals surface area (Å²) in [4.78, 5) is 13.0. The fourth-order valence-electron chi connectivity index (χ4n) is 3.15. The molecule has 5 nitrogen and oxygen atoms in total. The van der Waals surface area contributed by atoms with Crippen LogP contribution in [0.15, 0.2) is 35.9 Å². The largest absolute Gasteiger partial charge is 0.497 e. The minimum absolute atomic E-state index is 0.00470. The van der Waals surface area contributed by atoms with Gasteiger partial charge in [0.25, 0.3) is 0 Å². The molecular formula is C21H22O5. The first-order valence-corrected chi connectivity index (χ1v) is 8.33. The van der Waals surface area contributed by atoms with E-state index in [9.17, 15) is 4.79 Å². The molecule has 2 aromatic carbocycles. The Labute approximate surface area is 153 Å². The number of carbonyl (C=O) groups is 1. The van der Waals surface area contributed by atoms with E-state index in [0.29, 0.717) is 40.6 Å². The second-order valence-corrected chi connectivity index (χ2v) is 5.97. The van der Waals surface area contributed by atoms with Gasteiger partial charge in [-0.05, 0) is 36.6 Å². The molecule has 0 saturated heterocycles. The molecule has 0 fully saturated rings. The zero-order valence-electron chi connectivity index (χ0n) is 15.4. The number of ether oxygens (including phenoxy) is 4. The lowest BCUT2D eigenvalue weighted by atomic mass is 9.85. The van der Waals surface area contributed by atoms with E-state index in [1.165, 1.54) is 0 Å². The van der Waals surface area contributed by atoms with Gasteiger partial charge in [-0.25, -0.2) is 0 Å². The Bertz CT molecular complexity index is 842. The van der Waals surface area contributed by atoms with Crippen LogP contribution in [0.25, 0.3) is 6.08 Å². The molecule has 0 spiro atoms. The van der Waals surface area contributed by atoms with Crippen molar-refractivity contribution in [1.29, 1.82) is 0 Å². The quantitative estimate of drug-likeness (QED) is 0.762.